The lowest BCUT2D eigenvalue weighted by molar-refractivity contribution is -0.135. The van der Waals surface area contributed by atoms with E-state index < -0.39 is 0 Å². The fourth-order valence-corrected chi connectivity index (χ4v) is 3.90. The molecule has 8 heteroatoms. The Morgan fingerprint density at radius 3 is 2.96 bits per heavy atom. The molecule has 7 nitrogen and oxygen atoms in total. The number of aryl methyl sites for hydroxylation is 1. The zero-order chi connectivity index (χ0) is 17.3. The molecule has 0 aliphatic carbocycles. The van der Waals surface area contributed by atoms with Crippen molar-refractivity contribution in [1.29, 1.82) is 0 Å². The minimum absolute atomic E-state index is 0.0649. The first-order chi connectivity index (χ1) is 11.5. The Morgan fingerprint density at radius 2 is 2.25 bits per heavy atom. The summed E-state index contributed by atoms with van der Waals surface area (Å²) in [5.41, 5.74) is 5.14. The van der Waals surface area contributed by atoms with Gasteiger partial charge in [0, 0.05) is 18.0 Å². The van der Waals surface area contributed by atoms with Crippen LogP contribution < -0.4 is 11.3 Å². The number of rotatable bonds is 4. The van der Waals surface area contributed by atoms with Gasteiger partial charge in [-0.3, -0.25) is 19.0 Å². The van der Waals surface area contributed by atoms with Crippen LogP contribution in [-0.4, -0.2) is 39.4 Å². The smallest absolute Gasteiger partial charge is 0.262 e. The molecule has 1 atom stereocenters. The molecule has 2 aromatic heterocycles. The van der Waals surface area contributed by atoms with Crippen LogP contribution in [0, 0.1) is 5.92 Å². The van der Waals surface area contributed by atoms with E-state index in [-0.39, 0.29) is 29.8 Å². The lowest BCUT2D eigenvalue weighted by Gasteiger charge is -2.31. The molecule has 24 heavy (non-hydrogen) atoms. The third-order valence-electron chi connectivity index (χ3n) is 4.40. The van der Waals surface area contributed by atoms with Crippen LogP contribution in [-0.2, 0) is 22.6 Å². The van der Waals surface area contributed by atoms with Crippen molar-refractivity contribution in [3.8, 4) is 0 Å². The van der Waals surface area contributed by atoms with E-state index in [0.717, 1.165) is 17.7 Å². The van der Waals surface area contributed by atoms with Gasteiger partial charge in [0.1, 0.15) is 11.4 Å². The summed E-state index contributed by atoms with van der Waals surface area (Å²) in [6.07, 6.45) is 3.73. The van der Waals surface area contributed by atoms with E-state index in [4.69, 9.17) is 5.73 Å². The highest BCUT2D eigenvalue weighted by Gasteiger charge is 2.27. The summed E-state index contributed by atoms with van der Waals surface area (Å²) in [6.45, 7) is 2.88. The van der Waals surface area contributed by atoms with Gasteiger partial charge in [0.15, 0.2) is 0 Å². The van der Waals surface area contributed by atoms with E-state index >= 15 is 0 Å². The second kappa shape index (κ2) is 6.72. The SMILES string of the molecule is CCc1cc2c(=O)n(CC(=O)N3CCC[C@H](C(N)=O)C3)cnc2s1. The van der Waals surface area contributed by atoms with E-state index in [1.807, 2.05) is 13.0 Å². The predicted octanol–water partition coefficient (Wildman–Crippen LogP) is 0.744. The van der Waals surface area contributed by atoms with Gasteiger partial charge in [0.05, 0.1) is 17.6 Å². The predicted molar refractivity (Wildman–Crippen MR) is 91.8 cm³/mol. The molecule has 0 spiro atoms. The van der Waals surface area contributed by atoms with Crippen molar-refractivity contribution >= 4 is 33.4 Å². The van der Waals surface area contributed by atoms with Crippen molar-refractivity contribution in [3.05, 3.63) is 27.6 Å². The Hall–Kier alpha value is -2.22. The average Bonchev–Trinajstić information content (AvgIpc) is 3.01. The molecule has 1 aliphatic heterocycles. The van der Waals surface area contributed by atoms with Crippen LogP contribution in [0.2, 0.25) is 0 Å². The van der Waals surface area contributed by atoms with E-state index in [2.05, 4.69) is 4.98 Å². The summed E-state index contributed by atoms with van der Waals surface area (Å²) in [7, 11) is 0. The van der Waals surface area contributed by atoms with Crippen molar-refractivity contribution in [2.24, 2.45) is 11.7 Å². The van der Waals surface area contributed by atoms with Crippen molar-refractivity contribution < 1.29 is 9.59 Å². The van der Waals surface area contributed by atoms with Crippen LogP contribution >= 0.6 is 11.3 Å². The number of primary amides is 1. The number of amides is 2. The van der Waals surface area contributed by atoms with Crippen LogP contribution in [0.3, 0.4) is 0 Å². The maximum atomic E-state index is 12.5. The second-order valence-corrected chi connectivity index (χ2v) is 7.16. The first kappa shape index (κ1) is 16.6. The van der Waals surface area contributed by atoms with Gasteiger partial charge in [-0.1, -0.05) is 6.92 Å². The highest BCUT2D eigenvalue weighted by molar-refractivity contribution is 7.18. The van der Waals surface area contributed by atoms with Gasteiger partial charge in [-0.2, -0.15) is 0 Å². The molecule has 2 aromatic rings. The van der Waals surface area contributed by atoms with Crippen LogP contribution in [0.1, 0.15) is 24.6 Å². The Morgan fingerprint density at radius 1 is 1.46 bits per heavy atom. The summed E-state index contributed by atoms with van der Waals surface area (Å²) in [4.78, 5) is 44.0. The van der Waals surface area contributed by atoms with Gasteiger partial charge >= 0.3 is 0 Å². The molecule has 0 saturated carbocycles. The minimum atomic E-state index is -0.377. The number of piperidine rings is 1. The Balaban J connectivity index is 1.79. The van der Waals surface area contributed by atoms with Crippen molar-refractivity contribution in [2.45, 2.75) is 32.7 Å². The van der Waals surface area contributed by atoms with Crippen LogP contribution in [0.5, 0.6) is 0 Å². The molecule has 0 radical (unpaired) electrons. The maximum Gasteiger partial charge on any atom is 0.262 e. The average molecular weight is 348 g/mol. The number of carbonyl (C=O) groups excluding carboxylic acids is 2. The van der Waals surface area contributed by atoms with Crippen LogP contribution in [0.25, 0.3) is 10.2 Å². The van der Waals surface area contributed by atoms with Gasteiger partial charge in [0.2, 0.25) is 11.8 Å². The molecule has 1 saturated heterocycles. The monoisotopic (exact) mass is 348 g/mol. The largest absolute Gasteiger partial charge is 0.369 e. The van der Waals surface area contributed by atoms with Crippen molar-refractivity contribution in [1.82, 2.24) is 14.5 Å². The molecule has 1 aliphatic rings. The molecular formula is C16H20N4O3S. The third-order valence-corrected chi connectivity index (χ3v) is 5.59. The highest BCUT2D eigenvalue weighted by Crippen LogP contribution is 2.21. The van der Waals surface area contributed by atoms with E-state index in [9.17, 15) is 14.4 Å². The summed E-state index contributed by atoms with van der Waals surface area (Å²) in [5.74, 6) is -0.864. The number of thiophene rings is 1. The maximum absolute atomic E-state index is 12.5. The highest BCUT2D eigenvalue weighted by atomic mass is 32.1. The van der Waals surface area contributed by atoms with Crippen molar-refractivity contribution in [3.63, 3.8) is 0 Å². The van der Waals surface area contributed by atoms with Crippen molar-refractivity contribution in [2.75, 3.05) is 13.1 Å². The van der Waals surface area contributed by atoms with Crippen LogP contribution in [0.4, 0.5) is 0 Å². The number of fused-ring (bicyclic) bond motifs is 1. The Labute approximate surface area is 143 Å². The lowest BCUT2D eigenvalue weighted by Crippen LogP contribution is -2.45. The number of likely N-dealkylation sites (tertiary alicyclic amines) is 1. The number of hydrogen-bond acceptors (Lipinski definition) is 5. The quantitative estimate of drug-likeness (QED) is 0.881. The Bertz CT molecular complexity index is 841. The van der Waals surface area contributed by atoms with Gasteiger partial charge in [0.25, 0.3) is 5.56 Å². The van der Waals surface area contributed by atoms with E-state index in [1.165, 1.54) is 22.2 Å². The molecule has 3 rings (SSSR count). The summed E-state index contributed by atoms with van der Waals surface area (Å²) in [5, 5.41) is 0.556. The number of nitrogens with two attached hydrogens (primary N) is 1. The van der Waals surface area contributed by atoms with Gasteiger partial charge < -0.3 is 10.6 Å². The van der Waals surface area contributed by atoms with Gasteiger partial charge in [-0.05, 0) is 25.3 Å². The summed E-state index contributed by atoms with van der Waals surface area (Å²) < 4.78 is 1.34. The van der Waals surface area contributed by atoms with Crippen LogP contribution in [0.15, 0.2) is 17.2 Å². The number of nitrogens with zero attached hydrogens (tertiary/aromatic N) is 3. The first-order valence-corrected chi connectivity index (χ1v) is 8.86. The molecule has 2 amide bonds. The Kier molecular flexibility index (Phi) is 4.66. The van der Waals surface area contributed by atoms with Gasteiger partial charge in [-0.15, -0.1) is 11.3 Å². The molecule has 0 aromatic carbocycles. The second-order valence-electron chi connectivity index (χ2n) is 6.04. The number of hydrogen-bond donors (Lipinski definition) is 1. The van der Waals surface area contributed by atoms with E-state index in [0.29, 0.717) is 29.7 Å². The zero-order valence-electron chi connectivity index (χ0n) is 13.5. The molecule has 1 fully saturated rings. The number of carbonyl (C=O) groups is 2. The normalized spacial score (nSPS) is 18.0. The molecule has 2 N–H and O–H groups in total. The standard InChI is InChI=1S/C16H20N4O3S/c1-2-11-6-12-15(24-11)18-9-20(16(12)23)8-13(21)19-5-3-4-10(7-19)14(17)22/h6,9-10H,2-5,7-8H2,1H3,(H2,17,22)/t10-/m0/s1. The topological polar surface area (TPSA) is 98.3 Å². The molecule has 0 bridgehead atoms. The summed E-state index contributed by atoms with van der Waals surface area (Å²) in [6, 6.07) is 1.85. The molecule has 0 unspecified atom stereocenters. The lowest BCUT2D eigenvalue weighted by atomic mass is 9.97. The number of aromatic nitrogens is 2. The van der Waals surface area contributed by atoms with E-state index in [1.54, 1.807) is 4.90 Å². The molecule has 128 valence electrons. The third kappa shape index (κ3) is 3.19. The zero-order valence-corrected chi connectivity index (χ0v) is 14.3. The molecule has 3 heterocycles. The fraction of sp³-hybridized carbons (Fsp3) is 0.500. The summed E-state index contributed by atoms with van der Waals surface area (Å²) >= 11 is 1.50. The fourth-order valence-electron chi connectivity index (χ4n) is 2.98. The first-order valence-electron chi connectivity index (χ1n) is 8.04. The minimum Gasteiger partial charge on any atom is -0.369 e. The molecular weight excluding hydrogens is 328 g/mol. The van der Waals surface area contributed by atoms with Gasteiger partial charge in [-0.25, -0.2) is 4.98 Å².